The molecule has 3 heterocycles. The molecule has 5 nitrogen and oxygen atoms in total. The van der Waals surface area contributed by atoms with E-state index < -0.39 is 0 Å². The number of H-pyrrole nitrogens is 2. The van der Waals surface area contributed by atoms with Crippen molar-refractivity contribution in [1.82, 2.24) is 14.9 Å². The highest BCUT2D eigenvalue weighted by molar-refractivity contribution is 5.94. The molecule has 1 atom stereocenters. The fraction of sp³-hybridized carbons (Fsp3) is 0.286. The van der Waals surface area contributed by atoms with Crippen LogP contribution < -0.4 is 5.56 Å². The second kappa shape index (κ2) is 4.76. The zero-order valence-corrected chi connectivity index (χ0v) is 10.4. The quantitative estimate of drug-likeness (QED) is 0.859. The van der Waals surface area contributed by atoms with Gasteiger partial charge in [-0.15, -0.1) is 0 Å². The van der Waals surface area contributed by atoms with Crippen LogP contribution in [-0.4, -0.2) is 27.3 Å². The van der Waals surface area contributed by atoms with Gasteiger partial charge in [0.2, 0.25) is 0 Å². The van der Waals surface area contributed by atoms with Crippen LogP contribution in [0, 0.1) is 0 Å². The Morgan fingerprint density at radius 3 is 2.74 bits per heavy atom. The molecule has 1 aliphatic heterocycles. The van der Waals surface area contributed by atoms with Crippen molar-refractivity contribution in [3.8, 4) is 0 Å². The predicted molar refractivity (Wildman–Crippen MR) is 70.9 cm³/mol. The molecule has 1 amide bonds. The van der Waals surface area contributed by atoms with Crippen molar-refractivity contribution in [3.63, 3.8) is 0 Å². The minimum absolute atomic E-state index is 0.0436. The first-order chi connectivity index (χ1) is 9.27. The van der Waals surface area contributed by atoms with Crippen molar-refractivity contribution in [2.24, 2.45) is 0 Å². The number of aromatic amines is 2. The lowest BCUT2D eigenvalue weighted by molar-refractivity contribution is 0.0731. The van der Waals surface area contributed by atoms with Crippen LogP contribution in [0.1, 0.15) is 34.9 Å². The van der Waals surface area contributed by atoms with E-state index in [9.17, 15) is 9.59 Å². The van der Waals surface area contributed by atoms with Crippen LogP contribution in [0.4, 0.5) is 0 Å². The van der Waals surface area contributed by atoms with Crippen molar-refractivity contribution in [3.05, 3.63) is 58.3 Å². The summed E-state index contributed by atoms with van der Waals surface area (Å²) in [6, 6.07) is 7.19. The van der Waals surface area contributed by atoms with E-state index in [4.69, 9.17) is 0 Å². The second-order valence-electron chi connectivity index (χ2n) is 4.69. The molecule has 2 aromatic rings. The van der Waals surface area contributed by atoms with E-state index in [0.29, 0.717) is 6.54 Å². The number of rotatable bonds is 2. The molecule has 5 heteroatoms. The van der Waals surface area contributed by atoms with Crippen LogP contribution in [-0.2, 0) is 0 Å². The van der Waals surface area contributed by atoms with Crippen LogP contribution in [0.25, 0.3) is 0 Å². The summed E-state index contributed by atoms with van der Waals surface area (Å²) < 4.78 is 0. The Balaban J connectivity index is 1.91. The van der Waals surface area contributed by atoms with Gasteiger partial charge in [0.1, 0.15) is 5.56 Å². The van der Waals surface area contributed by atoms with Gasteiger partial charge in [0.05, 0.1) is 6.04 Å². The summed E-state index contributed by atoms with van der Waals surface area (Å²) in [6.07, 6.45) is 5.27. The second-order valence-corrected chi connectivity index (χ2v) is 4.69. The lowest BCUT2D eigenvalue weighted by Gasteiger charge is -2.23. The molecule has 3 rings (SSSR count). The van der Waals surface area contributed by atoms with Gasteiger partial charge in [-0.3, -0.25) is 9.59 Å². The molecular formula is C14H15N3O2. The lowest BCUT2D eigenvalue weighted by Crippen LogP contribution is -2.34. The fourth-order valence-corrected chi connectivity index (χ4v) is 2.63. The molecule has 0 saturated carbocycles. The summed E-state index contributed by atoms with van der Waals surface area (Å²) in [6.45, 7) is 0.691. The Morgan fingerprint density at radius 1 is 1.21 bits per heavy atom. The van der Waals surface area contributed by atoms with Crippen molar-refractivity contribution in [2.75, 3.05) is 6.54 Å². The van der Waals surface area contributed by atoms with Crippen LogP contribution in [0.15, 0.2) is 41.5 Å². The number of carbonyl (C=O) groups is 1. The summed E-state index contributed by atoms with van der Waals surface area (Å²) >= 11 is 0. The topological polar surface area (TPSA) is 69.0 Å². The Kier molecular flexibility index (Phi) is 2.95. The largest absolute Gasteiger partial charge is 0.363 e. The lowest BCUT2D eigenvalue weighted by atomic mass is 10.1. The molecule has 98 valence electrons. The third-order valence-corrected chi connectivity index (χ3v) is 3.54. The van der Waals surface area contributed by atoms with Crippen LogP contribution in [0.2, 0.25) is 0 Å². The first-order valence-electron chi connectivity index (χ1n) is 6.39. The number of aromatic nitrogens is 2. The number of nitrogens with zero attached hydrogens (tertiary/aromatic N) is 1. The molecule has 0 bridgehead atoms. The fourth-order valence-electron chi connectivity index (χ4n) is 2.63. The highest BCUT2D eigenvalue weighted by atomic mass is 16.2. The first-order valence-corrected chi connectivity index (χ1v) is 6.39. The maximum Gasteiger partial charge on any atom is 0.260 e. The maximum atomic E-state index is 12.5. The molecule has 0 aromatic carbocycles. The van der Waals surface area contributed by atoms with Crippen LogP contribution in [0.3, 0.4) is 0 Å². The molecule has 0 radical (unpaired) electrons. The van der Waals surface area contributed by atoms with Gasteiger partial charge in [0.15, 0.2) is 0 Å². The van der Waals surface area contributed by atoms with Gasteiger partial charge < -0.3 is 14.9 Å². The number of hydrogen-bond donors (Lipinski definition) is 2. The third-order valence-electron chi connectivity index (χ3n) is 3.54. The SMILES string of the molecule is O=C(c1ccc[nH]c1=O)N1CCC[C@H]1c1ccc[nH]1. The molecule has 1 saturated heterocycles. The molecular weight excluding hydrogens is 242 g/mol. The standard InChI is InChI=1S/C14H15N3O2/c18-13-10(4-1-8-16-13)14(19)17-9-3-6-12(17)11-5-2-7-15-11/h1-2,4-5,7-8,12,15H,3,6,9H2,(H,16,18)/t12-/m0/s1. The molecule has 1 aliphatic rings. The Morgan fingerprint density at radius 2 is 2.00 bits per heavy atom. The van der Waals surface area contributed by atoms with E-state index in [0.717, 1.165) is 18.5 Å². The van der Waals surface area contributed by atoms with E-state index in [1.807, 2.05) is 18.3 Å². The summed E-state index contributed by atoms with van der Waals surface area (Å²) in [7, 11) is 0. The minimum atomic E-state index is -0.329. The Labute approximate surface area is 110 Å². The first kappa shape index (κ1) is 11.8. The highest BCUT2D eigenvalue weighted by Gasteiger charge is 2.31. The van der Waals surface area contributed by atoms with Gasteiger partial charge in [-0.05, 0) is 37.1 Å². The Hall–Kier alpha value is -2.30. The average Bonchev–Trinajstić information content (AvgIpc) is 3.09. The summed E-state index contributed by atoms with van der Waals surface area (Å²) in [5.74, 6) is -0.195. The number of hydrogen-bond acceptors (Lipinski definition) is 2. The third kappa shape index (κ3) is 2.07. The highest BCUT2D eigenvalue weighted by Crippen LogP contribution is 2.31. The number of nitrogens with one attached hydrogen (secondary N) is 2. The van der Waals surface area contributed by atoms with Crippen LogP contribution in [0.5, 0.6) is 0 Å². The molecule has 2 aromatic heterocycles. The van der Waals surface area contributed by atoms with Crippen molar-refractivity contribution >= 4 is 5.91 Å². The van der Waals surface area contributed by atoms with Gasteiger partial charge in [-0.25, -0.2) is 0 Å². The summed E-state index contributed by atoms with van der Waals surface area (Å²) in [4.78, 5) is 31.6. The molecule has 1 fully saturated rings. The van der Waals surface area contributed by atoms with Crippen molar-refractivity contribution in [2.45, 2.75) is 18.9 Å². The Bertz CT molecular complexity index is 630. The van der Waals surface area contributed by atoms with E-state index in [1.54, 1.807) is 17.0 Å². The van der Waals surface area contributed by atoms with Gasteiger partial charge in [0.25, 0.3) is 11.5 Å². The number of amides is 1. The smallest absolute Gasteiger partial charge is 0.260 e. The molecule has 0 aliphatic carbocycles. The van der Waals surface area contributed by atoms with Gasteiger partial charge >= 0.3 is 0 Å². The zero-order chi connectivity index (χ0) is 13.2. The number of pyridine rings is 1. The van der Waals surface area contributed by atoms with E-state index in [1.165, 1.54) is 6.20 Å². The predicted octanol–water partition coefficient (Wildman–Crippen LogP) is 1.68. The normalized spacial score (nSPS) is 18.7. The van der Waals surface area contributed by atoms with E-state index in [-0.39, 0.29) is 23.1 Å². The van der Waals surface area contributed by atoms with Gasteiger partial charge in [0, 0.05) is 24.6 Å². The minimum Gasteiger partial charge on any atom is -0.363 e. The molecule has 0 unspecified atom stereocenters. The number of likely N-dealkylation sites (tertiary alicyclic amines) is 1. The van der Waals surface area contributed by atoms with E-state index in [2.05, 4.69) is 9.97 Å². The summed E-state index contributed by atoms with van der Waals surface area (Å²) in [5.41, 5.74) is 0.906. The number of carbonyl (C=O) groups excluding carboxylic acids is 1. The molecule has 0 spiro atoms. The van der Waals surface area contributed by atoms with E-state index >= 15 is 0 Å². The van der Waals surface area contributed by atoms with Crippen LogP contribution >= 0.6 is 0 Å². The molecule has 2 N–H and O–H groups in total. The molecule has 19 heavy (non-hydrogen) atoms. The van der Waals surface area contributed by atoms with Gasteiger partial charge in [-0.1, -0.05) is 0 Å². The monoisotopic (exact) mass is 257 g/mol. The zero-order valence-electron chi connectivity index (χ0n) is 10.4. The van der Waals surface area contributed by atoms with Crippen molar-refractivity contribution < 1.29 is 4.79 Å². The van der Waals surface area contributed by atoms with Gasteiger partial charge in [-0.2, -0.15) is 0 Å². The maximum absolute atomic E-state index is 12.5. The van der Waals surface area contributed by atoms with Crippen molar-refractivity contribution in [1.29, 1.82) is 0 Å². The average molecular weight is 257 g/mol. The summed E-state index contributed by atoms with van der Waals surface area (Å²) in [5, 5.41) is 0.